The van der Waals surface area contributed by atoms with Crippen LogP contribution in [0.15, 0.2) is 36.5 Å². The number of fused-ring (bicyclic) bond motifs is 2. The molecular weight excluding hydrogens is 304 g/mol. The van der Waals surface area contributed by atoms with Crippen LogP contribution >= 0.6 is 0 Å². The van der Waals surface area contributed by atoms with E-state index < -0.39 is 0 Å². The number of rotatable bonds is 2. The molecule has 24 heavy (non-hydrogen) atoms. The van der Waals surface area contributed by atoms with Crippen LogP contribution in [-0.4, -0.2) is 35.6 Å². The molecule has 2 aromatic rings. The van der Waals surface area contributed by atoms with E-state index in [1.165, 1.54) is 5.69 Å². The molecule has 2 aliphatic heterocycles. The molecule has 126 valence electrons. The number of nitrogens with zero attached hydrogens (tertiary/aromatic N) is 2. The third-order valence-corrected chi connectivity index (χ3v) is 5.15. The average molecular weight is 326 g/mol. The van der Waals surface area contributed by atoms with Gasteiger partial charge in [0.1, 0.15) is 18.1 Å². The Bertz CT molecular complexity index is 768. The molecule has 1 aromatic carbocycles. The number of benzene rings is 1. The molecule has 2 atom stereocenters. The molecule has 2 aliphatic rings. The molecule has 0 fully saturated rings. The molecule has 0 aliphatic carbocycles. The maximum Gasteiger partial charge on any atom is 0.230 e. The van der Waals surface area contributed by atoms with Gasteiger partial charge < -0.3 is 18.9 Å². The molecular formula is C19H22N2O3. The lowest BCUT2D eigenvalue weighted by Gasteiger charge is -2.38. The third-order valence-electron chi connectivity index (χ3n) is 5.15. The molecule has 5 nitrogen and oxygen atoms in total. The van der Waals surface area contributed by atoms with Gasteiger partial charge in [0.15, 0.2) is 0 Å². The van der Waals surface area contributed by atoms with Gasteiger partial charge in [-0.25, -0.2) is 0 Å². The summed E-state index contributed by atoms with van der Waals surface area (Å²) >= 11 is 0. The minimum atomic E-state index is -0.116. The molecule has 0 bridgehead atoms. The van der Waals surface area contributed by atoms with Crippen molar-refractivity contribution in [3.63, 3.8) is 0 Å². The minimum absolute atomic E-state index is 0.110. The molecule has 1 aromatic heterocycles. The molecule has 0 N–H and O–H groups in total. The minimum Gasteiger partial charge on any atom is -0.497 e. The summed E-state index contributed by atoms with van der Waals surface area (Å²) in [5, 5.41) is 0. The van der Waals surface area contributed by atoms with Crippen LogP contribution in [-0.2, 0) is 17.8 Å². The number of carbonyl (C=O) groups is 1. The first kappa shape index (κ1) is 15.1. The molecule has 0 radical (unpaired) electrons. The predicted octanol–water partition coefficient (Wildman–Crippen LogP) is 2.65. The fourth-order valence-electron chi connectivity index (χ4n) is 3.75. The zero-order chi connectivity index (χ0) is 16.7. The largest absolute Gasteiger partial charge is 0.497 e. The third kappa shape index (κ3) is 2.44. The zero-order valence-electron chi connectivity index (χ0n) is 14.1. The Kier molecular flexibility index (Phi) is 3.71. The summed E-state index contributed by atoms with van der Waals surface area (Å²) in [6.07, 6.45) is 2.81. The monoisotopic (exact) mass is 326 g/mol. The lowest BCUT2D eigenvalue weighted by molar-refractivity contribution is -0.140. The second-order valence-electron chi connectivity index (χ2n) is 6.52. The van der Waals surface area contributed by atoms with E-state index in [-0.39, 0.29) is 17.9 Å². The molecule has 0 saturated heterocycles. The highest BCUT2D eigenvalue weighted by atomic mass is 16.5. The van der Waals surface area contributed by atoms with Gasteiger partial charge in [-0.3, -0.25) is 4.79 Å². The van der Waals surface area contributed by atoms with E-state index in [1.807, 2.05) is 29.2 Å². The van der Waals surface area contributed by atoms with E-state index >= 15 is 0 Å². The smallest absolute Gasteiger partial charge is 0.230 e. The molecule has 5 heteroatoms. The SMILES string of the molecule is COc1ccc2c(c1)OC[C@H](C(=O)N1CCn3cccc3[C@H]1C)C2. The molecule has 1 amide bonds. The fraction of sp³-hybridized carbons (Fsp3) is 0.421. The Morgan fingerprint density at radius 2 is 2.17 bits per heavy atom. The summed E-state index contributed by atoms with van der Waals surface area (Å²) in [6.45, 7) is 4.15. The lowest BCUT2D eigenvalue weighted by Crippen LogP contribution is -2.46. The number of ether oxygens (including phenoxy) is 2. The van der Waals surface area contributed by atoms with E-state index in [0.29, 0.717) is 6.61 Å². The number of aromatic nitrogens is 1. The van der Waals surface area contributed by atoms with Crippen LogP contribution in [0.3, 0.4) is 0 Å². The standard InChI is InChI=1S/C19H22N2O3/c1-13-17-4-3-7-20(17)8-9-21(13)19(22)15-10-14-5-6-16(23-2)11-18(14)24-12-15/h3-7,11,13,15H,8-10,12H2,1-2H3/t13-,15-/m1/s1. The maximum atomic E-state index is 13.0. The molecule has 0 saturated carbocycles. The van der Waals surface area contributed by atoms with Crippen LogP contribution < -0.4 is 9.47 Å². The van der Waals surface area contributed by atoms with E-state index in [9.17, 15) is 4.79 Å². The van der Waals surface area contributed by atoms with Gasteiger partial charge in [-0.15, -0.1) is 0 Å². The first-order valence-electron chi connectivity index (χ1n) is 8.42. The summed E-state index contributed by atoms with van der Waals surface area (Å²) in [5.41, 5.74) is 2.28. The Balaban J connectivity index is 1.52. The highest BCUT2D eigenvalue weighted by Gasteiger charge is 2.34. The molecule has 0 spiro atoms. The Hall–Kier alpha value is -2.43. The first-order valence-corrected chi connectivity index (χ1v) is 8.42. The normalized spacial score (nSPS) is 22.3. The summed E-state index contributed by atoms with van der Waals surface area (Å²) in [7, 11) is 1.64. The van der Waals surface area contributed by atoms with E-state index in [2.05, 4.69) is 23.8 Å². The first-order chi connectivity index (χ1) is 11.7. The van der Waals surface area contributed by atoms with Crippen LogP contribution in [0.1, 0.15) is 24.2 Å². The number of hydrogen-bond acceptors (Lipinski definition) is 3. The van der Waals surface area contributed by atoms with Gasteiger partial charge in [-0.05, 0) is 37.1 Å². The predicted molar refractivity (Wildman–Crippen MR) is 90.2 cm³/mol. The molecule has 3 heterocycles. The topological polar surface area (TPSA) is 43.7 Å². The van der Waals surface area contributed by atoms with Gasteiger partial charge in [0.25, 0.3) is 0 Å². The van der Waals surface area contributed by atoms with Gasteiger partial charge in [0.05, 0.1) is 19.1 Å². The number of hydrogen-bond donors (Lipinski definition) is 0. The van der Waals surface area contributed by atoms with Crippen molar-refractivity contribution in [1.29, 1.82) is 0 Å². The van der Waals surface area contributed by atoms with Crippen LogP contribution in [0.25, 0.3) is 0 Å². The van der Waals surface area contributed by atoms with E-state index in [0.717, 1.165) is 36.6 Å². The average Bonchev–Trinajstić information content (AvgIpc) is 3.10. The van der Waals surface area contributed by atoms with Crippen LogP contribution in [0.4, 0.5) is 0 Å². The fourth-order valence-corrected chi connectivity index (χ4v) is 3.75. The van der Waals surface area contributed by atoms with Gasteiger partial charge in [-0.2, -0.15) is 0 Å². The second-order valence-corrected chi connectivity index (χ2v) is 6.52. The maximum absolute atomic E-state index is 13.0. The Morgan fingerprint density at radius 3 is 3.00 bits per heavy atom. The van der Waals surface area contributed by atoms with Gasteiger partial charge in [0, 0.05) is 31.0 Å². The summed E-state index contributed by atoms with van der Waals surface area (Å²) in [5.74, 6) is 1.69. The van der Waals surface area contributed by atoms with E-state index in [1.54, 1.807) is 7.11 Å². The molecule has 0 unspecified atom stereocenters. The van der Waals surface area contributed by atoms with Crippen molar-refractivity contribution in [2.45, 2.75) is 25.9 Å². The van der Waals surface area contributed by atoms with Crippen molar-refractivity contribution in [1.82, 2.24) is 9.47 Å². The van der Waals surface area contributed by atoms with Crippen molar-refractivity contribution in [3.8, 4) is 11.5 Å². The van der Waals surface area contributed by atoms with Gasteiger partial charge >= 0.3 is 0 Å². The summed E-state index contributed by atoms with van der Waals surface area (Å²) in [4.78, 5) is 15.0. The Labute approximate surface area is 141 Å². The van der Waals surface area contributed by atoms with Crippen molar-refractivity contribution in [3.05, 3.63) is 47.8 Å². The second kappa shape index (κ2) is 5.89. The van der Waals surface area contributed by atoms with E-state index in [4.69, 9.17) is 9.47 Å². The number of carbonyl (C=O) groups excluding carboxylic acids is 1. The number of methoxy groups -OCH3 is 1. The van der Waals surface area contributed by atoms with Crippen LogP contribution in [0.2, 0.25) is 0 Å². The summed E-state index contributed by atoms with van der Waals surface area (Å²) in [6, 6.07) is 10.1. The quantitative estimate of drug-likeness (QED) is 0.852. The van der Waals surface area contributed by atoms with Crippen molar-refractivity contribution < 1.29 is 14.3 Å². The highest BCUT2D eigenvalue weighted by molar-refractivity contribution is 5.80. The molecule has 4 rings (SSSR count). The van der Waals surface area contributed by atoms with Crippen molar-refractivity contribution >= 4 is 5.91 Å². The van der Waals surface area contributed by atoms with Gasteiger partial charge in [0.2, 0.25) is 5.91 Å². The van der Waals surface area contributed by atoms with Crippen molar-refractivity contribution in [2.24, 2.45) is 5.92 Å². The highest BCUT2D eigenvalue weighted by Crippen LogP contribution is 2.33. The van der Waals surface area contributed by atoms with Crippen LogP contribution in [0, 0.1) is 5.92 Å². The van der Waals surface area contributed by atoms with Gasteiger partial charge in [-0.1, -0.05) is 6.07 Å². The summed E-state index contributed by atoms with van der Waals surface area (Å²) < 4.78 is 13.3. The van der Waals surface area contributed by atoms with Crippen LogP contribution in [0.5, 0.6) is 11.5 Å². The zero-order valence-corrected chi connectivity index (χ0v) is 14.1. The lowest BCUT2D eigenvalue weighted by atomic mass is 9.94. The Morgan fingerprint density at radius 1 is 1.29 bits per heavy atom. The van der Waals surface area contributed by atoms with Crippen molar-refractivity contribution in [2.75, 3.05) is 20.3 Å². The number of amides is 1.